The second kappa shape index (κ2) is 8.31. The van der Waals surface area contributed by atoms with Gasteiger partial charge in [-0.1, -0.05) is 42.5 Å². The molecule has 0 heterocycles. The third-order valence-electron chi connectivity index (χ3n) is 4.11. The van der Waals surface area contributed by atoms with Gasteiger partial charge in [0.05, 0.1) is 13.0 Å². The minimum Gasteiger partial charge on any atom is -0.347 e. The molecule has 0 atom stereocenters. The monoisotopic (exact) mass is 368 g/mol. The quantitative estimate of drug-likeness (QED) is 0.436. The van der Waals surface area contributed by atoms with E-state index in [0.717, 1.165) is 29.2 Å². The molecule has 0 unspecified atom stereocenters. The number of carbonyl (C=O) groups excluding carboxylic acids is 4. The van der Waals surface area contributed by atoms with Crippen molar-refractivity contribution in [2.45, 2.75) is 25.3 Å². The molecule has 4 amide bonds. The van der Waals surface area contributed by atoms with Crippen molar-refractivity contribution in [3.05, 3.63) is 48.0 Å². The highest BCUT2D eigenvalue weighted by Crippen LogP contribution is 2.19. The lowest BCUT2D eigenvalue weighted by atomic mass is 10.0. The zero-order valence-corrected chi connectivity index (χ0v) is 14.6. The van der Waals surface area contributed by atoms with Crippen LogP contribution in [-0.2, 0) is 25.6 Å². The first-order valence-corrected chi connectivity index (χ1v) is 8.66. The molecular formula is C19H20N4O4. The zero-order chi connectivity index (χ0) is 19.2. The van der Waals surface area contributed by atoms with Crippen LogP contribution in [0.3, 0.4) is 0 Å². The number of benzene rings is 2. The van der Waals surface area contributed by atoms with Gasteiger partial charge in [-0.25, -0.2) is 0 Å². The smallest absolute Gasteiger partial charge is 0.327 e. The second-order valence-electron chi connectivity index (χ2n) is 6.34. The summed E-state index contributed by atoms with van der Waals surface area (Å²) in [5.74, 6) is -2.69. The van der Waals surface area contributed by atoms with Crippen LogP contribution >= 0.6 is 0 Å². The molecular weight excluding hydrogens is 348 g/mol. The molecule has 1 aliphatic rings. The van der Waals surface area contributed by atoms with Gasteiger partial charge in [0.2, 0.25) is 5.91 Å². The maximum Gasteiger partial charge on any atom is 0.327 e. The minimum absolute atomic E-state index is 0.0484. The molecule has 0 bridgehead atoms. The molecule has 4 N–H and O–H groups in total. The van der Waals surface area contributed by atoms with E-state index in [1.165, 1.54) is 0 Å². The summed E-state index contributed by atoms with van der Waals surface area (Å²) >= 11 is 0. The lowest BCUT2D eigenvalue weighted by Gasteiger charge is -2.09. The Bertz CT molecular complexity index is 887. The zero-order valence-electron chi connectivity index (χ0n) is 14.6. The molecule has 0 aliphatic heterocycles. The summed E-state index contributed by atoms with van der Waals surface area (Å²) in [4.78, 5) is 46.7. The van der Waals surface area contributed by atoms with Gasteiger partial charge >= 0.3 is 11.8 Å². The maximum absolute atomic E-state index is 12.1. The number of hydrogen-bond donors (Lipinski definition) is 4. The van der Waals surface area contributed by atoms with Crippen molar-refractivity contribution in [2.24, 2.45) is 0 Å². The average molecular weight is 368 g/mol. The number of carbonyl (C=O) groups is 4. The normalized spacial score (nSPS) is 12.9. The van der Waals surface area contributed by atoms with Gasteiger partial charge in [0.1, 0.15) is 0 Å². The SMILES string of the molecule is O=C(Cc1cccc2ccccc12)NCC(=O)NNC(=O)C(=O)NC1CC1. The molecule has 1 saturated carbocycles. The first-order valence-electron chi connectivity index (χ1n) is 8.66. The first kappa shape index (κ1) is 18.4. The van der Waals surface area contributed by atoms with Crippen LogP contribution in [0.25, 0.3) is 10.8 Å². The van der Waals surface area contributed by atoms with Gasteiger partial charge in [0.15, 0.2) is 0 Å². The molecule has 2 aromatic carbocycles. The largest absolute Gasteiger partial charge is 0.347 e. The summed E-state index contributed by atoms with van der Waals surface area (Å²) in [6, 6.07) is 13.5. The maximum atomic E-state index is 12.1. The Hall–Kier alpha value is -3.42. The number of hydrogen-bond acceptors (Lipinski definition) is 4. The van der Waals surface area contributed by atoms with E-state index in [9.17, 15) is 19.2 Å². The molecule has 0 saturated heterocycles. The fraction of sp³-hybridized carbons (Fsp3) is 0.263. The minimum atomic E-state index is -0.947. The van der Waals surface area contributed by atoms with Gasteiger partial charge in [-0.05, 0) is 29.2 Å². The highest BCUT2D eigenvalue weighted by atomic mass is 16.2. The number of nitrogens with one attached hydrogen (secondary N) is 4. The van der Waals surface area contributed by atoms with Crippen LogP contribution in [0.4, 0.5) is 0 Å². The van der Waals surface area contributed by atoms with Gasteiger partial charge in [-0.3, -0.25) is 30.0 Å². The average Bonchev–Trinajstić information content (AvgIpc) is 3.48. The fourth-order valence-corrected chi connectivity index (χ4v) is 2.57. The number of hydrazine groups is 1. The van der Waals surface area contributed by atoms with Crippen molar-refractivity contribution in [3.8, 4) is 0 Å². The summed E-state index contributed by atoms with van der Waals surface area (Å²) in [5.41, 5.74) is 4.96. The van der Waals surface area contributed by atoms with Gasteiger partial charge in [-0.15, -0.1) is 0 Å². The molecule has 2 aromatic rings. The first-order chi connectivity index (χ1) is 13.0. The van der Waals surface area contributed by atoms with E-state index in [2.05, 4.69) is 16.1 Å². The number of amides is 4. The van der Waals surface area contributed by atoms with Gasteiger partial charge in [-0.2, -0.15) is 0 Å². The molecule has 1 aliphatic carbocycles. The topological polar surface area (TPSA) is 116 Å². The van der Waals surface area contributed by atoms with Crippen LogP contribution in [0.15, 0.2) is 42.5 Å². The van der Waals surface area contributed by atoms with Crippen molar-refractivity contribution in [3.63, 3.8) is 0 Å². The summed E-state index contributed by atoms with van der Waals surface area (Å²) < 4.78 is 0. The van der Waals surface area contributed by atoms with Crippen LogP contribution in [0.1, 0.15) is 18.4 Å². The fourth-order valence-electron chi connectivity index (χ4n) is 2.57. The molecule has 140 valence electrons. The van der Waals surface area contributed by atoms with Crippen LogP contribution in [-0.4, -0.2) is 36.2 Å². The Labute approximate surface area is 155 Å². The number of rotatable bonds is 5. The molecule has 0 aromatic heterocycles. The lowest BCUT2D eigenvalue weighted by molar-refractivity contribution is -0.141. The van der Waals surface area contributed by atoms with Crippen molar-refractivity contribution < 1.29 is 19.2 Å². The summed E-state index contributed by atoms with van der Waals surface area (Å²) in [5, 5.41) is 7.00. The molecule has 8 nitrogen and oxygen atoms in total. The van der Waals surface area contributed by atoms with Gasteiger partial charge in [0.25, 0.3) is 5.91 Å². The molecule has 27 heavy (non-hydrogen) atoms. The predicted octanol–water partition coefficient (Wildman–Crippen LogP) is -0.0755. The van der Waals surface area contributed by atoms with Crippen LogP contribution in [0.2, 0.25) is 0 Å². The highest BCUT2D eigenvalue weighted by Gasteiger charge is 2.26. The van der Waals surface area contributed by atoms with E-state index in [1.807, 2.05) is 47.9 Å². The summed E-state index contributed by atoms with van der Waals surface area (Å²) in [7, 11) is 0. The van der Waals surface area contributed by atoms with E-state index >= 15 is 0 Å². The molecule has 3 rings (SSSR count). The Morgan fingerprint density at radius 1 is 0.852 bits per heavy atom. The Kier molecular flexibility index (Phi) is 5.65. The van der Waals surface area contributed by atoms with Crippen molar-refractivity contribution in [1.29, 1.82) is 0 Å². The van der Waals surface area contributed by atoms with Crippen molar-refractivity contribution >= 4 is 34.4 Å². The van der Waals surface area contributed by atoms with E-state index in [0.29, 0.717) is 0 Å². The molecule has 0 spiro atoms. The Morgan fingerprint density at radius 2 is 1.59 bits per heavy atom. The standard InChI is InChI=1S/C19H20N4O4/c24-16(10-13-6-3-5-12-4-1-2-7-15(12)13)20-11-17(25)22-23-19(27)18(26)21-14-8-9-14/h1-7,14H,8-11H2,(H,20,24)(H,21,26)(H,22,25)(H,23,27). The van der Waals surface area contributed by atoms with E-state index in [-0.39, 0.29) is 24.9 Å². The van der Waals surface area contributed by atoms with E-state index in [1.54, 1.807) is 0 Å². The molecule has 1 fully saturated rings. The van der Waals surface area contributed by atoms with Gasteiger partial charge < -0.3 is 10.6 Å². The third-order valence-corrected chi connectivity index (χ3v) is 4.11. The Morgan fingerprint density at radius 3 is 2.37 bits per heavy atom. The summed E-state index contributed by atoms with van der Waals surface area (Å²) in [6.45, 7) is -0.311. The lowest BCUT2D eigenvalue weighted by Crippen LogP contribution is -2.51. The van der Waals surface area contributed by atoms with Crippen molar-refractivity contribution in [2.75, 3.05) is 6.54 Å². The highest BCUT2D eigenvalue weighted by molar-refractivity contribution is 6.35. The van der Waals surface area contributed by atoms with Crippen LogP contribution in [0, 0.1) is 0 Å². The van der Waals surface area contributed by atoms with E-state index in [4.69, 9.17) is 0 Å². The van der Waals surface area contributed by atoms with Crippen LogP contribution in [0.5, 0.6) is 0 Å². The molecule has 8 heteroatoms. The molecule has 0 radical (unpaired) electrons. The van der Waals surface area contributed by atoms with Crippen LogP contribution < -0.4 is 21.5 Å². The number of fused-ring (bicyclic) bond motifs is 1. The third kappa shape index (κ3) is 5.27. The van der Waals surface area contributed by atoms with E-state index < -0.39 is 17.7 Å². The second-order valence-corrected chi connectivity index (χ2v) is 6.34. The van der Waals surface area contributed by atoms with Crippen molar-refractivity contribution in [1.82, 2.24) is 21.5 Å². The van der Waals surface area contributed by atoms with Gasteiger partial charge in [0, 0.05) is 6.04 Å². The summed E-state index contributed by atoms with van der Waals surface area (Å²) in [6.07, 6.45) is 1.84. The Balaban J connectivity index is 1.42. The predicted molar refractivity (Wildman–Crippen MR) is 98.1 cm³/mol.